The number of nitrogens with one attached hydrogen (secondary N) is 2. The number of imide groups is 1. The minimum atomic E-state index is -0.808. The van der Waals surface area contributed by atoms with Gasteiger partial charge >= 0.3 is 12.1 Å². The molecule has 2 N–H and O–H groups in total. The molecule has 1 aromatic heterocycles. The summed E-state index contributed by atoms with van der Waals surface area (Å²) in [5.41, 5.74) is 1.65. The van der Waals surface area contributed by atoms with E-state index in [9.17, 15) is 9.59 Å². The lowest BCUT2D eigenvalue weighted by Crippen LogP contribution is -2.41. The smallest absolute Gasteiger partial charge is 0.415 e. The second-order valence-corrected chi connectivity index (χ2v) is 4.02. The fourth-order valence-corrected chi connectivity index (χ4v) is 0.863. The van der Waals surface area contributed by atoms with Crippen molar-refractivity contribution in [3.63, 3.8) is 0 Å². The highest BCUT2D eigenvalue weighted by molar-refractivity contribution is 5.94. The topological polar surface area (TPSA) is 85.2 Å². The van der Waals surface area contributed by atoms with Crippen molar-refractivity contribution in [2.24, 2.45) is 0 Å². The molecule has 0 saturated carbocycles. The molecule has 7 nitrogen and oxygen atoms in total. The number of hydrogen-bond donors (Lipinski definition) is 2. The molecular weight excluding hydrogens is 212 g/mol. The van der Waals surface area contributed by atoms with Crippen LogP contribution in [0.3, 0.4) is 0 Å². The molecule has 0 radical (unpaired) electrons. The lowest BCUT2D eigenvalue weighted by molar-refractivity contribution is 0.0550. The van der Waals surface area contributed by atoms with Crippen LogP contribution in [-0.2, 0) is 4.74 Å². The fraction of sp³-hybridized carbons (Fsp3) is 0.444. The van der Waals surface area contributed by atoms with Crippen molar-refractivity contribution in [2.75, 3.05) is 5.43 Å². The summed E-state index contributed by atoms with van der Waals surface area (Å²) in [5, 5.41) is 5.73. The van der Waals surface area contributed by atoms with Gasteiger partial charge in [0.25, 0.3) is 0 Å². The molecule has 0 saturated heterocycles. The molecular formula is C9H14N4O3. The van der Waals surface area contributed by atoms with Crippen molar-refractivity contribution >= 4 is 12.1 Å². The Labute approximate surface area is 92.7 Å². The Balaban J connectivity index is 2.37. The molecule has 0 aliphatic rings. The molecule has 0 atom stereocenters. The van der Waals surface area contributed by atoms with Crippen LogP contribution in [0.4, 0.5) is 9.59 Å². The Morgan fingerprint density at radius 2 is 2.06 bits per heavy atom. The maximum absolute atomic E-state index is 11.2. The zero-order valence-electron chi connectivity index (χ0n) is 9.35. The van der Waals surface area contributed by atoms with E-state index in [-0.39, 0.29) is 0 Å². The molecule has 7 heteroatoms. The Morgan fingerprint density at radius 1 is 1.38 bits per heavy atom. The molecule has 1 rings (SSSR count). The van der Waals surface area contributed by atoms with Gasteiger partial charge in [-0.2, -0.15) is 9.89 Å². The average molecular weight is 226 g/mol. The van der Waals surface area contributed by atoms with Crippen molar-refractivity contribution < 1.29 is 14.3 Å². The van der Waals surface area contributed by atoms with Crippen molar-refractivity contribution in [1.29, 1.82) is 0 Å². The summed E-state index contributed by atoms with van der Waals surface area (Å²) >= 11 is 0. The number of hydrogen-bond acceptors (Lipinski definition) is 4. The first-order valence-corrected chi connectivity index (χ1v) is 4.67. The number of rotatable bonds is 1. The van der Waals surface area contributed by atoms with Gasteiger partial charge in [0.15, 0.2) is 0 Å². The third kappa shape index (κ3) is 4.45. The number of ether oxygens (including phenoxy) is 1. The van der Waals surface area contributed by atoms with Gasteiger partial charge in [-0.05, 0) is 26.8 Å². The van der Waals surface area contributed by atoms with Crippen LogP contribution >= 0.6 is 0 Å². The maximum atomic E-state index is 11.2. The third-order valence-electron chi connectivity index (χ3n) is 1.33. The predicted octanol–water partition coefficient (Wildman–Crippen LogP) is 1.07. The summed E-state index contributed by atoms with van der Waals surface area (Å²) in [5.74, 6) is 0. The molecule has 3 amide bonds. The molecule has 1 aromatic rings. The summed E-state index contributed by atoms with van der Waals surface area (Å²) in [7, 11) is 0. The number of amides is 3. The number of carbonyl (C=O) groups excluding carboxylic acids is 2. The molecule has 0 unspecified atom stereocenters. The van der Waals surface area contributed by atoms with Gasteiger partial charge in [0, 0.05) is 6.20 Å². The first kappa shape index (κ1) is 12.0. The average Bonchev–Trinajstić information content (AvgIpc) is 2.51. The lowest BCUT2D eigenvalue weighted by atomic mass is 10.2. The Morgan fingerprint density at radius 3 is 2.56 bits per heavy atom. The normalized spacial score (nSPS) is 10.7. The molecule has 88 valence electrons. The van der Waals surface area contributed by atoms with Crippen LogP contribution in [-0.4, -0.2) is 27.6 Å². The first-order valence-electron chi connectivity index (χ1n) is 4.67. The van der Waals surface area contributed by atoms with Crippen molar-refractivity contribution in [3.05, 3.63) is 18.5 Å². The van der Waals surface area contributed by atoms with E-state index in [1.807, 2.05) is 5.32 Å². The van der Waals surface area contributed by atoms with Gasteiger partial charge in [-0.15, -0.1) is 0 Å². The number of carbonyl (C=O) groups is 2. The van der Waals surface area contributed by atoms with E-state index < -0.39 is 17.7 Å². The lowest BCUT2D eigenvalue weighted by Gasteiger charge is -2.19. The van der Waals surface area contributed by atoms with E-state index in [0.29, 0.717) is 0 Å². The highest BCUT2D eigenvalue weighted by Crippen LogP contribution is 2.06. The second kappa shape index (κ2) is 4.65. The molecule has 0 fully saturated rings. The number of aromatic nitrogens is 2. The molecule has 0 bridgehead atoms. The van der Waals surface area contributed by atoms with Crippen molar-refractivity contribution in [2.45, 2.75) is 26.4 Å². The SMILES string of the molecule is CC(C)(C)OC(=O)NC(=O)Nn1cccn1. The molecule has 0 spiro atoms. The van der Waals surface area contributed by atoms with Gasteiger partial charge in [0.05, 0.1) is 6.20 Å². The van der Waals surface area contributed by atoms with E-state index in [2.05, 4.69) is 10.5 Å². The van der Waals surface area contributed by atoms with E-state index in [1.54, 1.807) is 26.8 Å². The summed E-state index contributed by atoms with van der Waals surface area (Å²) < 4.78 is 4.89. The summed E-state index contributed by atoms with van der Waals surface area (Å²) in [4.78, 5) is 23.6. The monoisotopic (exact) mass is 226 g/mol. The third-order valence-corrected chi connectivity index (χ3v) is 1.33. The van der Waals surface area contributed by atoms with Gasteiger partial charge in [-0.25, -0.2) is 20.3 Å². The van der Waals surface area contributed by atoms with E-state index in [1.165, 1.54) is 17.2 Å². The van der Waals surface area contributed by atoms with E-state index >= 15 is 0 Å². The van der Waals surface area contributed by atoms with Gasteiger partial charge in [-0.1, -0.05) is 0 Å². The second-order valence-electron chi connectivity index (χ2n) is 4.02. The van der Waals surface area contributed by atoms with Crippen molar-refractivity contribution in [3.8, 4) is 0 Å². The maximum Gasteiger partial charge on any atom is 0.415 e. The number of nitrogens with zero attached hydrogens (tertiary/aromatic N) is 2. The van der Waals surface area contributed by atoms with Crippen LogP contribution in [0.2, 0.25) is 0 Å². The minimum absolute atomic E-state index is 0.643. The molecule has 1 heterocycles. The summed E-state index contributed by atoms with van der Waals surface area (Å²) in [6, 6.07) is 0.922. The summed E-state index contributed by atoms with van der Waals surface area (Å²) in [6.07, 6.45) is 2.21. The van der Waals surface area contributed by atoms with E-state index in [0.717, 1.165) is 0 Å². The van der Waals surface area contributed by atoms with Gasteiger partial charge in [0.2, 0.25) is 0 Å². The standard InChI is InChI=1S/C9H14N4O3/c1-9(2,3)16-8(15)11-7(14)12-13-6-4-5-10-13/h4-6H,1-3H3,(H2,11,12,14,15). The predicted molar refractivity (Wildman–Crippen MR) is 56.4 cm³/mol. The number of alkyl carbamates (subject to hydrolysis) is 1. The Hall–Kier alpha value is -2.05. The highest BCUT2D eigenvalue weighted by Gasteiger charge is 2.17. The first-order chi connectivity index (χ1) is 7.37. The minimum Gasteiger partial charge on any atom is -0.443 e. The summed E-state index contributed by atoms with van der Waals surface area (Å²) in [6.45, 7) is 5.12. The van der Waals surface area contributed by atoms with Gasteiger partial charge in [0.1, 0.15) is 5.60 Å². The molecule has 0 aliphatic carbocycles. The van der Waals surface area contributed by atoms with E-state index in [4.69, 9.17) is 4.74 Å². The highest BCUT2D eigenvalue weighted by atomic mass is 16.6. The Bertz CT molecular complexity index is 367. The van der Waals surface area contributed by atoms with Crippen LogP contribution < -0.4 is 10.7 Å². The zero-order valence-corrected chi connectivity index (χ0v) is 9.35. The quantitative estimate of drug-likeness (QED) is 0.750. The fourth-order valence-electron chi connectivity index (χ4n) is 0.863. The van der Waals surface area contributed by atoms with Crippen LogP contribution in [0, 0.1) is 0 Å². The van der Waals surface area contributed by atoms with Crippen molar-refractivity contribution in [1.82, 2.24) is 15.2 Å². The largest absolute Gasteiger partial charge is 0.443 e. The van der Waals surface area contributed by atoms with Gasteiger partial charge < -0.3 is 4.74 Å². The molecule has 0 aliphatic heterocycles. The van der Waals surface area contributed by atoms with Crippen LogP contribution in [0.15, 0.2) is 18.5 Å². The van der Waals surface area contributed by atoms with Crippen LogP contribution in [0.1, 0.15) is 20.8 Å². The van der Waals surface area contributed by atoms with Crippen LogP contribution in [0.5, 0.6) is 0 Å². The Kier molecular flexibility index (Phi) is 3.49. The number of urea groups is 1. The molecule has 16 heavy (non-hydrogen) atoms. The molecule has 0 aromatic carbocycles. The van der Waals surface area contributed by atoms with Gasteiger partial charge in [-0.3, -0.25) is 0 Å². The zero-order chi connectivity index (χ0) is 12.2. The van der Waals surface area contributed by atoms with Crippen LogP contribution in [0.25, 0.3) is 0 Å².